The molecule has 31 heavy (non-hydrogen) atoms. The number of carbonyl (C=O) groups is 1. The molecule has 0 spiro atoms. The number of aromatic hydroxyl groups is 1. The Balaban J connectivity index is 1.93. The highest BCUT2D eigenvalue weighted by molar-refractivity contribution is 7.89. The Labute approximate surface area is 178 Å². The van der Waals surface area contributed by atoms with Crippen molar-refractivity contribution in [3.8, 4) is 5.75 Å². The molecular formula is C19H23FN4O6S. The van der Waals surface area contributed by atoms with Crippen LogP contribution in [0.1, 0.15) is 41.3 Å². The van der Waals surface area contributed by atoms with Gasteiger partial charge in [-0.3, -0.25) is 14.2 Å². The number of rotatable bonds is 6. The molecule has 1 aliphatic rings. The van der Waals surface area contributed by atoms with E-state index in [2.05, 4.69) is 10.3 Å². The van der Waals surface area contributed by atoms with Gasteiger partial charge in [0.15, 0.2) is 5.69 Å². The Morgan fingerprint density at radius 3 is 2.77 bits per heavy atom. The van der Waals surface area contributed by atoms with E-state index >= 15 is 0 Å². The van der Waals surface area contributed by atoms with Crippen LogP contribution in [0.5, 0.6) is 5.75 Å². The highest BCUT2D eigenvalue weighted by Gasteiger charge is 2.28. The van der Waals surface area contributed by atoms with E-state index in [1.165, 1.54) is 24.7 Å². The first-order valence-corrected chi connectivity index (χ1v) is 11.0. The molecule has 1 aromatic heterocycles. The molecule has 2 heterocycles. The average molecular weight is 454 g/mol. The number of benzene rings is 1. The average Bonchev–Trinajstić information content (AvgIpc) is 2.74. The topological polar surface area (TPSA) is 131 Å². The fraction of sp³-hybridized carbons (Fsp3) is 0.421. The first-order valence-electron chi connectivity index (χ1n) is 9.52. The number of aromatic nitrogens is 2. The lowest BCUT2D eigenvalue weighted by Crippen LogP contribution is -2.36. The molecule has 10 nitrogen and oxygen atoms in total. The van der Waals surface area contributed by atoms with Crippen molar-refractivity contribution < 1.29 is 27.4 Å². The number of amides is 1. The van der Waals surface area contributed by atoms with E-state index in [1.54, 1.807) is 0 Å². The molecule has 1 atom stereocenters. The van der Waals surface area contributed by atoms with Crippen LogP contribution in [0.25, 0.3) is 0 Å². The van der Waals surface area contributed by atoms with Crippen LogP contribution in [0.4, 0.5) is 4.39 Å². The molecule has 0 saturated heterocycles. The smallest absolute Gasteiger partial charge is 0.296 e. The van der Waals surface area contributed by atoms with Gasteiger partial charge < -0.3 is 15.2 Å². The molecule has 0 aliphatic carbocycles. The van der Waals surface area contributed by atoms with Crippen molar-refractivity contribution in [3.05, 3.63) is 51.5 Å². The summed E-state index contributed by atoms with van der Waals surface area (Å²) in [4.78, 5) is 29.0. The van der Waals surface area contributed by atoms with Gasteiger partial charge in [0.25, 0.3) is 11.5 Å². The second kappa shape index (κ2) is 8.73. The second-order valence-electron chi connectivity index (χ2n) is 7.11. The number of ether oxygens (including phenoxy) is 1. The van der Waals surface area contributed by atoms with Gasteiger partial charge in [-0.1, -0.05) is 13.0 Å². The number of hydrogen-bond acceptors (Lipinski definition) is 7. The monoisotopic (exact) mass is 454 g/mol. The van der Waals surface area contributed by atoms with Gasteiger partial charge in [-0.15, -0.1) is 0 Å². The molecule has 12 heteroatoms. The Bertz CT molecular complexity index is 1180. The summed E-state index contributed by atoms with van der Waals surface area (Å²) in [6.07, 6.45) is 0.0158. The summed E-state index contributed by atoms with van der Waals surface area (Å²) >= 11 is 0. The van der Waals surface area contributed by atoms with Crippen LogP contribution in [0, 0.1) is 5.82 Å². The van der Waals surface area contributed by atoms with Crippen molar-refractivity contribution in [2.24, 2.45) is 0 Å². The number of nitrogens with one attached hydrogen (secondary N) is 1. The third kappa shape index (κ3) is 4.31. The van der Waals surface area contributed by atoms with Crippen LogP contribution >= 0.6 is 0 Å². The highest BCUT2D eigenvalue weighted by Crippen LogP contribution is 2.25. The van der Waals surface area contributed by atoms with Crippen molar-refractivity contribution in [2.45, 2.75) is 37.4 Å². The molecule has 1 amide bonds. The van der Waals surface area contributed by atoms with Crippen LogP contribution in [0.3, 0.4) is 0 Å². The maximum atomic E-state index is 13.7. The van der Waals surface area contributed by atoms with E-state index in [4.69, 9.17) is 4.74 Å². The molecule has 1 aromatic carbocycles. The molecule has 1 aliphatic heterocycles. The van der Waals surface area contributed by atoms with Crippen LogP contribution in [0.15, 0.2) is 27.9 Å². The Kier molecular flexibility index (Phi) is 6.43. The summed E-state index contributed by atoms with van der Waals surface area (Å²) in [6.45, 7) is 2.02. The maximum Gasteiger partial charge on any atom is 0.296 e. The Morgan fingerprint density at radius 1 is 1.42 bits per heavy atom. The maximum absolute atomic E-state index is 13.7. The molecule has 2 aromatic rings. The SMILES string of the molecule is CCC1OCCn2c1nc(C(=O)NCc1ccc(F)cc1S(=O)(=O)N(C)C)c(O)c2=O. The van der Waals surface area contributed by atoms with Crippen LogP contribution < -0.4 is 10.9 Å². The number of carbonyl (C=O) groups excluding carboxylic acids is 1. The van der Waals surface area contributed by atoms with E-state index in [0.717, 1.165) is 16.4 Å². The summed E-state index contributed by atoms with van der Waals surface area (Å²) < 4.78 is 46.4. The minimum Gasteiger partial charge on any atom is -0.501 e. The molecule has 0 bridgehead atoms. The highest BCUT2D eigenvalue weighted by atomic mass is 32.2. The molecule has 0 radical (unpaired) electrons. The number of sulfonamides is 1. The minimum absolute atomic E-state index is 0.132. The number of hydrogen-bond donors (Lipinski definition) is 2. The van der Waals surface area contributed by atoms with E-state index in [0.29, 0.717) is 6.42 Å². The molecule has 168 valence electrons. The third-order valence-electron chi connectivity index (χ3n) is 4.91. The lowest BCUT2D eigenvalue weighted by atomic mass is 10.2. The quantitative estimate of drug-likeness (QED) is 0.659. The van der Waals surface area contributed by atoms with Crippen LogP contribution in [-0.2, 0) is 27.8 Å². The number of nitrogens with zero attached hydrogens (tertiary/aromatic N) is 3. The van der Waals surface area contributed by atoms with Gasteiger partial charge in [-0.2, -0.15) is 0 Å². The fourth-order valence-corrected chi connectivity index (χ4v) is 4.34. The summed E-state index contributed by atoms with van der Waals surface area (Å²) in [5.74, 6) is -2.20. The molecular weight excluding hydrogens is 431 g/mol. The van der Waals surface area contributed by atoms with Crippen molar-refractivity contribution in [2.75, 3.05) is 20.7 Å². The Hall–Kier alpha value is -2.83. The first kappa shape index (κ1) is 22.8. The summed E-state index contributed by atoms with van der Waals surface area (Å²) in [5, 5.41) is 12.7. The van der Waals surface area contributed by atoms with Crippen LogP contribution in [0.2, 0.25) is 0 Å². The predicted octanol–water partition coefficient (Wildman–Crippen LogP) is 0.750. The van der Waals surface area contributed by atoms with Gasteiger partial charge >= 0.3 is 0 Å². The Morgan fingerprint density at radius 2 is 2.13 bits per heavy atom. The van der Waals surface area contributed by atoms with E-state index < -0.39 is 44.9 Å². The van der Waals surface area contributed by atoms with E-state index in [9.17, 15) is 27.5 Å². The van der Waals surface area contributed by atoms with Crippen molar-refractivity contribution in [1.29, 1.82) is 0 Å². The zero-order valence-electron chi connectivity index (χ0n) is 17.3. The third-order valence-corrected chi connectivity index (χ3v) is 6.81. The summed E-state index contributed by atoms with van der Waals surface area (Å²) in [6, 6.07) is 3.17. The lowest BCUT2D eigenvalue weighted by molar-refractivity contribution is 0.0113. The summed E-state index contributed by atoms with van der Waals surface area (Å²) in [5.41, 5.74) is -1.11. The van der Waals surface area contributed by atoms with Crippen molar-refractivity contribution in [3.63, 3.8) is 0 Å². The van der Waals surface area contributed by atoms with Gasteiger partial charge in [0, 0.05) is 20.6 Å². The normalized spacial score (nSPS) is 16.2. The standard InChI is InChI=1S/C19H23FN4O6S/c1-4-13-17-22-15(16(25)19(27)24(17)7-8-30-13)18(26)21-10-11-5-6-12(20)9-14(11)31(28,29)23(2)3/h5-6,9,13,25H,4,7-8,10H2,1-3H3,(H,21,26). The predicted molar refractivity (Wildman–Crippen MR) is 108 cm³/mol. The van der Waals surface area contributed by atoms with Crippen molar-refractivity contribution in [1.82, 2.24) is 19.2 Å². The van der Waals surface area contributed by atoms with Gasteiger partial charge in [0.2, 0.25) is 15.8 Å². The minimum atomic E-state index is -3.97. The first-order chi connectivity index (χ1) is 14.6. The molecule has 0 saturated carbocycles. The van der Waals surface area contributed by atoms with E-state index in [-0.39, 0.29) is 36.0 Å². The second-order valence-corrected chi connectivity index (χ2v) is 9.23. The largest absolute Gasteiger partial charge is 0.501 e. The fourth-order valence-electron chi connectivity index (χ4n) is 3.21. The molecule has 1 unspecified atom stereocenters. The molecule has 0 fully saturated rings. The molecule has 3 rings (SSSR count). The zero-order chi connectivity index (χ0) is 22.9. The number of fused-ring (bicyclic) bond motifs is 1. The lowest BCUT2D eigenvalue weighted by Gasteiger charge is -2.26. The van der Waals surface area contributed by atoms with Gasteiger partial charge in [-0.05, 0) is 24.1 Å². The van der Waals surface area contributed by atoms with Gasteiger partial charge in [0.05, 0.1) is 18.0 Å². The van der Waals surface area contributed by atoms with Gasteiger partial charge in [-0.25, -0.2) is 22.1 Å². The van der Waals surface area contributed by atoms with Crippen molar-refractivity contribution >= 4 is 15.9 Å². The van der Waals surface area contributed by atoms with Gasteiger partial charge in [0.1, 0.15) is 17.7 Å². The van der Waals surface area contributed by atoms with E-state index in [1.807, 2.05) is 6.92 Å². The summed E-state index contributed by atoms with van der Waals surface area (Å²) in [7, 11) is -1.37. The molecule has 2 N–H and O–H groups in total. The van der Waals surface area contributed by atoms with Crippen LogP contribution in [-0.4, -0.2) is 54.0 Å². The zero-order valence-corrected chi connectivity index (χ0v) is 18.1. The number of halogens is 1.